The van der Waals surface area contributed by atoms with Crippen LogP contribution in [0.3, 0.4) is 0 Å². The lowest BCUT2D eigenvalue weighted by molar-refractivity contribution is 0.103. The molecule has 6 heteroatoms. The zero-order valence-electron chi connectivity index (χ0n) is 8.14. The molecule has 17 heavy (non-hydrogen) atoms. The quantitative estimate of drug-likeness (QED) is 0.374. The maximum absolute atomic E-state index is 12.3. The zero-order valence-corrected chi connectivity index (χ0v) is 15.0. The summed E-state index contributed by atoms with van der Waals surface area (Å²) in [5.41, 5.74) is 1.28. The molecule has 0 bridgehead atoms. The normalized spacial score (nSPS) is 10.6. The fraction of sp³-hybridized carbons (Fsp3) is 0. The summed E-state index contributed by atoms with van der Waals surface area (Å²) >= 11 is 16.3. The summed E-state index contributed by atoms with van der Waals surface area (Å²) in [5, 5.41) is 0.569. The van der Waals surface area contributed by atoms with Crippen LogP contribution in [0.4, 0.5) is 0 Å². The van der Waals surface area contributed by atoms with Crippen molar-refractivity contribution < 1.29 is 4.79 Å². The second kappa shape index (κ2) is 5.69. The summed E-state index contributed by atoms with van der Waals surface area (Å²) in [6, 6.07) is 7.13. The number of carbonyl (C=O) groups excluding carboxylic acids is 1. The molecule has 1 aromatic heterocycles. The number of hydrogen-bond acceptors (Lipinski definition) is 2. The van der Waals surface area contributed by atoms with E-state index < -0.39 is 0 Å². The van der Waals surface area contributed by atoms with Gasteiger partial charge in [-0.25, -0.2) is 0 Å². The lowest BCUT2D eigenvalue weighted by Gasteiger charge is -2.03. The number of ketones is 1. The van der Waals surface area contributed by atoms with Gasteiger partial charge in [0.1, 0.15) is 0 Å². The highest BCUT2D eigenvalue weighted by molar-refractivity contribution is 14.1. The maximum Gasteiger partial charge on any atom is 0.196 e. The fourth-order valence-corrected chi connectivity index (χ4v) is 4.86. The minimum atomic E-state index is -0.0225. The molecule has 0 radical (unpaired) electrons. The van der Waals surface area contributed by atoms with Gasteiger partial charge in [0.25, 0.3) is 0 Å². The van der Waals surface area contributed by atoms with Crippen LogP contribution in [-0.2, 0) is 0 Å². The first-order valence-electron chi connectivity index (χ1n) is 4.43. The minimum Gasteiger partial charge on any atom is -0.288 e. The minimum absolute atomic E-state index is 0.0225. The van der Waals surface area contributed by atoms with Crippen molar-refractivity contribution in [3.8, 4) is 0 Å². The molecule has 0 atom stereocenters. The molecule has 0 aliphatic heterocycles. The summed E-state index contributed by atoms with van der Waals surface area (Å²) in [6.45, 7) is 0. The van der Waals surface area contributed by atoms with Crippen LogP contribution in [0.25, 0.3) is 0 Å². The van der Waals surface area contributed by atoms with Gasteiger partial charge in [-0.1, -0.05) is 11.6 Å². The molecule has 88 valence electrons. The molecule has 0 fully saturated rings. The molecular weight excluding hydrogens is 502 g/mol. The van der Waals surface area contributed by atoms with Crippen LogP contribution in [0.15, 0.2) is 31.8 Å². The van der Waals surface area contributed by atoms with Crippen LogP contribution in [0, 0.1) is 3.57 Å². The molecule has 0 N–H and O–H groups in total. The van der Waals surface area contributed by atoms with Gasteiger partial charge in [0, 0.05) is 19.7 Å². The molecule has 1 heterocycles. The monoisotopic (exact) mass is 504 g/mol. The van der Waals surface area contributed by atoms with E-state index in [1.165, 1.54) is 11.3 Å². The van der Waals surface area contributed by atoms with Crippen LogP contribution in [-0.4, -0.2) is 5.78 Å². The van der Waals surface area contributed by atoms with Crippen LogP contribution >= 0.6 is 77.4 Å². The number of hydrogen-bond donors (Lipinski definition) is 0. The van der Waals surface area contributed by atoms with Gasteiger partial charge in [-0.2, -0.15) is 0 Å². The van der Waals surface area contributed by atoms with Gasteiger partial charge in [0.2, 0.25) is 0 Å². The van der Waals surface area contributed by atoms with E-state index in [4.69, 9.17) is 11.6 Å². The molecule has 0 unspecified atom stereocenters. The summed E-state index contributed by atoms with van der Waals surface area (Å²) in [5.74, 6) is -0.0225. The van der Waals surface area contributed by atoms with E-state index in [9.17, 15) is 4.79 Å². The van der Waals surface area contributed by atoms with E-state index in [1.807, 2.05) is 12.1 Å². The molecule has 1 aromatic carbocycles. The SMILES string of the molecule is O=C(c1cc(Cl)ccc1I)c1cc(Br)sc1Br. The number of carbonyl (C=O) groups is 1. The Balaban J connectivity index is 2.50. The highest BCUT2D eigenvalue weighted by Gasteiger charge is 2.18. The Kier molecular flexibility index (Phi) is 4.68. The van der Waals surface area contributed by atoms with Crippen molar-refractivity contribution in [2.24, 2.45) is 0 Å². The van der Waals surface area contributed by atoms with E-state index >= 15 is 0 Å². The molecule has 0 saturated carbocycles. The van der Waals surface area contributed by atoms with Crippen LogP contribution < -0.4 is 0 Å². The van der Waals surface area contributed by atoms with Crippen LogP contribution in [0.2, 0.25) is 5.02 Å². The Hall–Kier alpha value is 0.570. The summed E-state index contributed by atoms with van der Waals surface area (Å²) in [4.78, 5) is 12.3. The van der Waals surface area contributed by atoms with Crippen LogP contribution in [0.1, 0.15) is 15.9 Å². The molecule has 0 aliphatic rings. The molecular formula is C11H4Br2ClIOS. The average Bonchev–Trinajstić information content (AvgIpc) is 2.60. The van der Waals surface area contributed by atoms with Crippen molar-refractivity contribution >= 4 is 83.2 Å². The third-order valence-electron chi connectivity index (χ3n) is 2.07. The van der Waals surface area contributed by atoms with Gasteiger partial charge in [-0.3, -0.25) is 4.79 Å². The number of benzene rings is 1. The van der Waals surface area contributed by atoms with E-state index in [1.54, 1.807) is 12.1 Å². The molecule has 0 amide bonds. The number of rotatable bonds is 2. The van der Waals surface area contributed by atoms with Crippen molar-refractivity contribution in [1.29, 1.82) is 0 Å². The Morgan fingerprint density at radius 1 is 1.24 bits per heavy atom. The topological polar surface area (TPSA) is 17.1 Å². The molecule has 0 aliphatic carbocycles. The molecule has 2 rings (SSSR count). The number of thiophene rings is 1. The molecule has 2 aromatic rings. The molecule has 0 spiro atoms. The Bertz CT molecular complexity index is 597. The van der Waals surface area contributed by atoms with Gasteiger partial charge in [-0.05, 0) is 78.7 Å². The van der Waals surface area contributed by atoms with Gasteiger partial charge in [0.15, 0.2) is 5.78 Å². The number of halogens is 4. The van der Waals surface area contributed by atoms with Gasteiger partial charge < -0.3 is 0 Å². The highest BCUT2D eigenvalue weighted by Crippen LogP contribution is 2.34. The fourth-order valence-electron chi connectivity index (χ4n) is 1.31. The standard InChI is InChI=1S/C11H4Br2ClIOS/c12-9-4-7(11(13)17-9)10(16)6-3-5(14)1-2-8(6)15/h1-4H. The van der Waals surface area contributed by atoms with Gasteiger partial charge in [-0.15, -0.1) is 11.3 Å². The highest BCUT2D eigenvalue weighted by atomic mass is 127. The maximum atomic E-state index is 12.3. The summed E-state index contributed by atoms with van der Waals surface area (Å²) in [7, 11) is 0. The van der Waals surface area contributed by atoms with Crippen molar-refractivity contribution in [3.63, 3.8) is 0 Å². The van der Waals surface area contributed by atoms with Gasteiger partial charge in [0.05, 0.1) is 7.57 Å². The molecule has 0 saturated heterocycles. The Labute approximate surface area is 138 Å². The predicted molar refractivity (Wildman–Crippen MR) is 87.3 cm³/mol. The molecule has 1 nitrogen and oxygen atoms in total. The first-order valence-corrected chi connectivity index (χ1v) is 8.29. The Morgan fingerprint density at radius 2 is 1.94 bits per heavy atom. The van der Waals surface area contributed by atoms with Crippen molar-refractivity contribution in [3.05, 3.63) is 51.6 Å². The first-order chi connectivity index (χ1) is 7.99. The summed E-state index contributed by atoms with van der Waals surface area (Å²) in [6.07, 6.45) is 0. The Morgan fingerprint density at radius 3 is 2.53 bits per heavy atom. The third-order valence-corrected chi connectivity index (χ3v) is 5.59. The zero-order chi connectivity index (χ0) is 12.6. The van der Waals surface area contributed by atoms with E-state index in [0.29, 0.717) is 16.1 Å². The summed E-state index contributed by atoms with van der Waals surface area (Å²) < 4.78 is 2.64. The van der Waals surface area contributed by atoms with Gasteiger partial charge >= 0.3 is 0 Å². The second-order valence-electron chi connectivity index (χ2n) is 3.19. The predicted octanol–water partition coefficient (Wildman–Crippen LogP) is 5.76. The lowest BCUT2D eigenvalue weighted by atomic mass is 10.1. The third kappa shape index (κ3) is 3.12. The first kappa shape index (κ1) is 14.0. The largest absolute Gasteiger partial charge is 0.288 e. The van der Waals surface area contributed by atoms with E-state index in [2.05, 4.69) is 54.5 Å². The second-order valence-corrected chi connectivity index (χ2v) is 8.54. The lowest BCUT2D eigenvalue weighted by Crippen LogP contribution is -2.02. The van der Waals surface area contributed by atoms with E-state index in [-0.39, 0.29) is 5.78 Å². The van der Waals surface area contributed by atoms with E-state index in [0.717, 1.165) is 11.1 Å². The smallest absolute Gasteiger partial charge is 0.196 e. The van der Waals surface area contributed by atoms with Crippen molar-refractivity contribution in [2.75, 3.05) is 0 Å². The van der Waals surface area contributed by atoms with Crippen LogP contribution in [0.5, 0.6) is 0 Å². The van der Waals surface area contributed by atoms with Crippen molar-refractivity contribution in [1.82, 2.24) is 0 Å². The average molecular weight is 506 g/mol. The van der Waals surface area contributed by atoms with Crippen molar-refractivity contribution in [2.45, 2.75) is 0 Å².